The summed E-state index contributed by atoms with van der Waals surface area (Å²) in [5.41, 5.74) is 2.49. The Hall–Kier alpha value is -3.43. The van der Waals surface area contributed by atoms with Gasteiger partial charge in [0.1, 0.15) is 4.88 Å². The molecule has 0 radical (unpaired) electrons. The fraction of sp³-hybridized carbons (Fsp3) is 0.0476. The predicted octanol–water partition coefficient (Wildman–Crippen LogP) is 4.20. The molecule has 4 rings (SSSR count). The van der Waals surface area contributed by atoms with Crippen molar-refractivity contribution in [1.82, 2.24) is 9.78 Å². The van der Waals surface area contributed by atoms with Gasteiger partial charge in [-0.1, -0.05) is 30.3 Å². The number of amides is 1. The molecular weight excluding hydrogens is 420 g/mol. The van der Waals surface area contributed by atoms with Crippen molar-refractivity contribution < 1.29 is 13.2 Å². The first kappa shape index (κ1) is 19.9. The monoisotopic (exact) mass is 438 g/mol. The molecule has 30 heavy (non-hydrogen) atoms. The van der Waals surface area contributed by atoms with Gasteiger partial charge in [0.15, 0.2) is 0 Å². The highest BCUT2D eigenvalue weighted by Gasteiger charge is 2.20. The molecule has 2 aromatic heterocycles. The van der Waals surface area contributed by atoms with Crippen LogP contribution in [0.4, 0.5) is 11.4 Å². The Morgan fingerprint density at radius 3 is 2.57 bits per heavy atom. The Balaban J connectivity index is 1.54. The van der Waals surface area contributed by atoms with Crippen LogP contribution in [0.1, 0.15) is 9.67 Å². The van der Waals surface area contributed by atoms with Crippen LogP contribution in [0.25, 0.3) is 11.3 Å². The maximum absolute atomic E-state index is 12.8. The Morgan fingerprint density at radius 1 is 1.03 bits per heavy atom. The minimum Gasteiger partial charge on any atom is -0.321 e. The minimum atomic E-state index is -3.79. The first-order chi connectivity index (χ1) is 14.4. The van der Waals surface area contributed by atoms with E-state index in [9.17, 15) is 13.2 Å². The lowest BCUT2D eigenvalue weighted by Crippen LogP contribution is -2.17. The van der Waals surface area contributed by atoms with E-state index < -0.39 is 15.9 Å². The molecule has 0 aliphatic heterocycles. The fourth-order valence-electron chi connectivity index (χ4n) is 2.88. The molecule has 0 fully saturated rings. The lowest BCUT2D eigenvalue weighted by atomic mass is 10.1. The van der Waals surface area contributed by atoms with Crippen LogP contribution in [0.15, 0.2) is 83.2 Å². The topological polar surface area (TPSA) is 93.1 Å². The molecule has 4 aromatic rings. The van der Waals surface area contributed by atoms with Crippen molar-refractivity contribution in [1.29, 1.82) is 0 Å². The standard InChI is InChI=1S/C21H18N4O3S2/c1-25-12-10-18(23-25)15-6-5-7-16(14-15)22-21(26)20-19(11-13-29-20)24-30(27,28)17-8-3-2-4-9-17/h2-14,24H,1H3,(H,22,26). The summed E-state index contributed by atoms with van der Waals surface area (Å²) < 4.78 is 29.4. The van der Waals surface area contributed by atoms with Gasteiger partial charge >= 0.3 is 0 Å². The Kier molecular flexibility index (Phi) is 5.39. The van der Waals surface area contributed by atoms with Crippen molar-refractivity contribution in [3.05, 3.63) is 83.2 Å². The number of anilines is 2. The number of thiophene rings is 1. The summed E-state index contributed by atoms with van der Waals surface area (Å²) in [6, 6.07) is 18.8. The van der Waals surface area contributed by atoms with Crippen LogP contribution in [0.3, 0.4) is 0 Å². The molecule has 2 aromatic carbocycles. The van der Waals surface area contributed by atoms with Gasteiger partial charge in [0.2, 0.25) is 0 Å². The molecule has 0 saturated carbocycles. The maximum atomic E-state index is 12.8. The summed E-state index contributed by atoms with van der Waals surface area (Å²) in [5, 5.41) is 8.86. The molecule has 9 heteroatoms. The number of carbonyl (C=O) groups excluding carboxylic acids is 1. The third-order valence-corrected chi connectivity index (χ3v) is 6.59. The number of hydrogen-bond acceptors (Lipinski definition) is 5. The molecule has 0 aliphatic rings. The molecule has 2 N–H and O–H groups in total. The van der Waals surface area contributed by atoms with Crippen LogP contribution in [0, 0.1) is 0 Å². The summed E-state index contributed by atoms with van der Waals surface area (Å²) >= 11 is 1.16. The molecule has 0 spiro atoms. The van der Waals surface area contributed by atoms with Gasteiger partial charge in [0, 0.05) is 24.5 Å². The summed E-state index contributed by atoms with van der Waals surface area (Å²) in [6.07, 6.45) is 1.84. The quantitative estimate of drug-likeness (QED) is 0.472. The number of rotatable bonds is 6. The van der Waals surface area contributed by atoms with Crippen LogP contribution in [-0.4, -0.2) is 24.1 Å². The number of nitrogens with zero attached hydrogens (tertiary/aromatic N) is 2. The van der Waals surface area contributed by atoms with E-state index in [0.29, 0.717) is 5.69 Å². The minimum absolute atomic E-state index is 0.130. The largest absolute Gasteiger partial charge is 0.321 e. The van der Waals surface area contributed by atoms with Gasteiger partial charge in [-0.3, -0.25) is 14.2 Å². The first-order valence-electron chi connectivity index (χ1n) is 8.99. The van der Waals surface area contributed by atoms with E-state index >= 15 is 0 Å². The third kappa shape index (κ3) is 4.27. The Morgan fingerprint density at radius 2 is 1.83 bits per heavy atom. The van der Waals surface area contributed by atoms with Gasteiger partial charge in [-0.25, -0.2) is 8.42 Å². The molecule has 0 atom stereocenters. The summed E-state index contributed by atoms with van der Waals surface area (Å²) in [7, 11) is -1.95. The van der Waals surface area contributed by atoms with Gasteiger partial charge < -0.3 is 5.32 Å². The second kappa shape index (κ2) is 8.13. The Labute approximate surface area is 178 Å². The number of benzene rings is 2. The first-order valence-corrected chi connectivity index (χ1v) is 11.4. The average Bonchev–Trinajstić information content (AvgIpc) is 3.37. The lowest BCUT2D eigenvalue weighted by molar-refractivity contribution is 0.103. The van der Waals surface area contributed by atoms with Gasteiger partial charge in [-0.15, -0.1) is 11.3 Å². The van der Waals surface area contributed by atoms with Gasteiger partial charge in [0.05, 0.1) is 16.3 Å². The number of hydrogen-bond donors (Lipinski definition) is 2. The van der Waals surface area contributed by atoms with Crippen molar-refractivity contribution in [3.63, 3.8) is 0 Å². The smallest absolute Gasteiger partial charge is 0.267 e. The zero-order valence-corrected chi connectivity index (χ0v) is 17.6. The molecule has 0 aliphatic carbocycles. The van der Waals surface area contributed by atoms with Crippen LogP contribution in [-0.2, 0) is 17.1 Å². The second-order valence-corrected chi connectivity index (χ2v) is 9.09. The molecule has 0 unspecified atom stereocenters. The highest BCUT2D eigenvalue weighted by atomic mass is 32.2. The number of nitrogens with one attached hydrogen (secondary N) is 2. The van der Waals surface area contributed by atoms with Gasteiger partial charge in [-0.05, 0) is 41.8 Å². The van der Waals surface area contributed by atoms with Crippen molar-refractivity contribution in [2.75, 3.05) is 10.0 Å². The second-order valence-electron chi connectivity index (χ2n) is 6.49. The van der Waals surface area contributed by atoms with Crippen LogP contribution < -0.4 is 10.0 Å². The molecule has 2 heterocycles. The van der Waals surface area contributed by atoms with E-state index in [4.69, 9.17) is 0 Å². The van der Waals surface area contributed by atoms with E-state index in [1.165, 1.54) is 12.1 Å². The number of carbonyl (C=O) groups is 1. The van der Waals surface area contributed by atoms with E-state index in [0.717, 1.165) is 22.6 Å². The van der Waals surface area contributed by atoms with Crippen molar-refractivity contribution >= 4 is 38.6 Å². The molecule has 1 amide bonds. The summed E-state index contributed by atoms with van der Waals surface area (Å²) in [6.45, 7) is 0. The molecule has 7 nitrogen and oxygen atoms in total. The van der Waals surface area contributed by atoms with Gasteiger partial charge in [0.25, 0.3) is 15.9 Å². The van der Waals surface area contributed by atoms with Gasteiger partial charge in [-0.2, -0.15) is 5.10 Å². The maximum Gasteiger partial charge on any atom is 0.267 e. The van der Waals surface area contributed by atoms with Crippen molar-refractivity contribution in [2.24, 2.45) is 7.05 Å². The number of aryl methyl sites for hydroxylation is 1. The third-order valence-electron chi connectivity index (χ3n) is 4.30. The van der Waals surface area contributed by atoms with Crippen LogP contribution >= 0.6 is 11.3 Å². The summed E-state index contributed by atoms with van der Waals surface area (Å²) in [5.74, 6) is -0.395. The van der Waals surface area contributed by atoms with Crippen LogP contribution in [0.5, 0.6) is 0 Å². The SMILES string of the molecule is Cn1ccc(-c2cccc(NC(=O)c3sccc3NS(=O)(=O)c3ccccc3)c2)n1. The van der Waals surface area contributed by atoms with Crippen LogP contribution in [0.2, 0.25) is 0 Å². The van der Waals surface area contributed by atoms with E-state index in [1.807, 2.05) is 37.5 Å². The zero-order chi connectivity index (χ0) is 21.1. The summed E-state index contributed by atoms with van der Waals surface area (Å²) in [4.78, 5) is 13.2. The molecule has 0 bridgehead atoms. The zero-order valence-electron chi connectivity index (χ0n) is 15.9. The normalized spacial score (nSPS) is 11.2. The highest BCUT2D eigenvalue weighted by Crippen LogP contribution is 2.27. The van der Waals surface area contributed by atoms with E-state index in [2.05, 4.69) is 15.1 Å². The number of aromatic nitrogens is 2. The average molecular weight is 439 g/mol. The molecule has 152 valence electrons. The van der Waals surface area contributed by atoms with Crippen molar-refractivity contribution in [2.45, 2.75) is 4.90 Å². The molecule has 0 saturated heterocycles. The molecular formula is C21H18N4O3S2. The fourth-order valence-corrected chi connectivity index (χ4v) is 4.78. The van der Waals surface area contributed by atoms with Crippen molar-refractivity contribution in [3.8, 4) is 11.3 Å². The van der Waals surface area contributed by atoms with E-state index in [1.54, 1.807) is 40.4 Å². The van der Waals surface area contributed by atoms with E-state index in [-0.39, 0.29) is 15.5 Å². The number of sulfonamides is 1. The lowest BCUT2D eigenvalue weighted by Gasteiger charge is -2.10. The highest BCUT2D eigenvalue weighted by molar-refractivity contribution is 7.92. The predicted molar refractivity (Wildman–Crippen MR) is 118 cm³/mol. The Bertz CT molecular complexity index is 1290.